The first-order valence-electron chi connectivity index (χ1n) is 9.95. The van der Waals surface area contributed by atoms with Gasteiger partial charge in [-0.1, -0.05) is 75.8 Å². The van der Waals surface area contributed by atoms with E-state index in [-0.39, 0.29) is 40.2 Å². The van der Waals surface area contributed by atoms with Gasteiger partial charge in [0.2, 0.25) is 0 Å². The van der Waals surface area contributed by atoms with Crippen LogP contribution in [0, 0.1) is 0 Å². The van der Waals surface area contributed by atoms with E-state index in [1.807, 2.05) is 12.1 Å². The molecule has 0 heterocycles. The normalized spacial score (nSPS) is 11.1. The number of unbranched alkanes of at least 4 members (excludes halogenated alkanes) is 7. The summed E-state index contributed by atoms with van der Waals surface area (Å²) < 4.78 is 37.0. The Bertz CT molecular complexity index is 835. The zero-order valence-corrected chi connectivity index (χ0v) is 20.2. The van der Waals surface area contributed by atoms with Crippen molar-refractivity contribution in [1.29, 1.82) is 0 Å². The molecule has 2 aromatic carbocycles. The second-order valence-corrected chi connectivity index (χ2v) is 8.48. The molecule has 0 bridgehead atoms. The van der Waals surface area contributed by atoms with Crippen molar-refractivity contribution in [1.82, 2.24) is 0 Å². The van der Waals surface area contributed by atoms with Crippen LogP contribution in [0.3, 0.4) is 0 Å². The van der Waals surface area contributed by atoms with Crippen LogP contribution in [0.5, 0.6) is 17.2 Å². The molecule has 2 aromatic rings. The predicted octanol–water partition coefficient (Wildman–Crippen LogP) is 2.49. The molecule has 29 heavy (non-hydrogen) atoms. The van der Waals surface area contributed by atoms with Crippen LogP contribution in [-0.4, -0.2) is 13.0 Å². The third kappa shape index (κ3) is 9.53. The van der Waals surface area contributed by atoms with Crippen LogP contribution < -0.4 is 39.4 Å². The van der Waals surface area contributed by atoms with E-state index >= 15 is 0 Å². The molecule has 0 unspecified atom stereocenters. The molecule has 0 saturated heterocycles. The van der Waals surface area contributed by atoms with E-state index in [2.05, 4.69) is 6.92 Å². The second-order valence-electron chi connectivity index (χ2n) is 7.05. The number of hydrogen-bond acceptors (Lipinski definition) is 4. The van der Waals surface area contributed by atoms with Crippen LogP contribution in [0.4, 0.5) is 0 Å². The average molecular weight is 429 g/mol. The molecule has 2 rings (SSSR count). The molecule has 7 heteroatoms. The number of benzene rings is 2. The van der Waals surface area contributed by atoms with E-state index < -0.39 is 15.9 Å². The molecule has 0 radical (unpaired) electrons. The summed E-state index contributed by atoms with van der Waals surface area (Å²) in [7, 11) is -4.38. The van der Waals surface area contributed by atoms with E-state index in [1.165, 1.54) is 50.5 Å². The van der Waals surface area contributed by atoms with Gasteiger partial charge in [-0.3, -0.25) is 4.55 Å². The Balaban J connectivity index is 0.00000420. The Morgan fingerprint density at radius 2 is 1.48 bits per heavy atom. The van der Waals surface area contributed by atoms with Crippen LogP contribution in [0.1, 0.15) is 63.9 Å². The van der Waals surface area contributed by atoms with Gasteiger partial charge in [-0.05, 0) is 36.6 Å². The van der Waals surface area contributed by atoms with Crippen LogP contribution in [0.15, 0.2) is 47.4 Å². The molecule has 0 spiro atoms. The van der Waals surface area contributed by atoms with Crippen LogP contribution in [-0.2, 0) is 16.5 Å². The first-order valence-corrected chi connectivity index (χ1v) is 11.4. The molecule has 0 atom stereocenters. The minimum atomic E-state index is -4.38. The third-order valence-corrected chi connectivity index (χ3v) is 5.53. The van der Waals surface area contributed by atoms with Crippen molar-refractivity contribution in [3.8, 4) is 17.2 Å². The molecule has 0 aromatic heterocycles. The van der Waals surface area contributed by atoms with Gasteiger partial charge in [0.15, 0.2) is 0 Å². The van der Waals surface area contributed by atoms with E-state index in [0.29, 0.717) is 5.75 Å². The first kappa shape index (κ1) is 26.0. The SMILES string of the molecule is CCCCCCCCCCc1ccc(Oc2cc(S(=O)(=O)O)ccc2[O-])cc1.[Na+]. The zero-order valence-electron chi connectivity index (χ0n) is 17.4. The van der Waals surface area contributed by atoms with Gasteiger partial charge in [0.25, 0.3) is 10.1 Å². The summed E-state index contributed by atoms with van der Waals surface area (Å²) in [5, 5.41) is 11.9. The summed E-state index contributed by atoms with van der Waals surface area (Å²) >= 11 is 0. The Hall–Kier alpha value is -1.05. The molecule has 1 N–H and O–H groups in total. The molecule has 0 aliphatic rings. The Labute approximate surface area is 196 Å². The maximum Gasteiger partial charge on any atom is 1.00 e. The van der Waals surface area contributed by atoms with Crippen LogP contribution >= 0.6 is 0 Å². The first-order chi connectivity index (χ1) is 13.4. The molecule has 0 fully saturated rings. The maximum atomic E-state index is 11.9. The van der Waals surface area contributed by atoms with Gasteiger partial charge in [0.1, 0.15) is 11.5 Å². The summed E-state index contributed by atoms with van der Waals surface area (Å²) in [6.07, 6.45) is 11.3. The summed E-state index contributed by atoms with van der Waals surface area (Å²) in [5.74, 6) is -0.134. The van der Waals surface area contributed by atoms with Gasteiger partial charge in [-0.15, -0.1) is 0 Å². The van der Waals surface area contributed by atoms with Gasteiger partial charge < -0.3 is 9.84 Å². The smallest absolute Gasteiger partial charge is 0.870 e. The third-order valence-electron chi connectivity index (χ3n) is 4.68. The van der Waals surface area contributed by atoms with Crippen molar-refractivity contribution in [2.24, 2.45) is 0 Å². The minimum Gasteiger partial charge on any atom is -0.870 e. The van der Waals surface area contributed by atoms with E-state index in [1.54, 1.807) is 12.1 Å². The molecule has 0 aliphatic heterocycles. The van der Waals surface area contributed by atoms with Crippen molar-refractivity contribution in [3.63, 3.8) is 0 Å². The van der Waals surface area contributed by atoms with Crippen LogP contribution in [0.25, 0.3) is 0 Å². The van der Waals surface area contributed by atoms with Gasteiger partial charge in [-0.2, -0.15) is 8.42 Å². The molecular formula is C22H29NaO5S. The maximum absolute atomic E-state index is 11.9. The second kappa shape index (κ2) is 13.3. The Morgan fingerprint density at radius 3 is 2.07 bits per heavy atom. The summed E-state index contributed by atoms with van der Waals surface area (Å²) in [6, 6.07) is 10.6. The molecular weight excluding hydrogens is 399 g/mol. The van der Waals surface area contributed by atoms with E-state index in [4.69, 9.17) is 9.29 Å². The van der Waals surface area contributed by atoms with Gasteiger partial charge >= 0.3 is 29.6 Å². The fourth-order valence-corrected chi connectivity index (χ4v) is 3.54. The van der Waals surface area contributed by atoms with E-state index in [9.17, 15) is 13.5 Å². The number of ether oxygens (including phenoxy) is 1. The average Bonchev–Trinajstić information content (AvgIpc) is 2.66. The molecule has 0 aliphatic carbocycles. The molecule has 0 amide bonds. The fraction of sp³-hybridized carbons (Fsp3) is 0.455. The van der Waals surface area contributed by atoms with Crippen LogP contribution in [0.2, 0.25) is 0 Å². The van der Waals surface area contributed by atoms with Gasteiger partial charge in [0.05, 0.1) is 4.90 Å². The minimum absolute atomic E-state index is 0. The van der Waals surface area contributed by atoms with Gasteiger partial charge in [-0.25, -0.2) is 0 Å². The number of aryl methyl sites for hydroxylation is 1. The molecule has 0 saturated carbocycles. The zero-order chi connectivity index (χ0) is 20.4. The summed E-state index contributed by atoms with van der Waals surface area (Å²) in [5.41, 5.74) is 1.20. The Morgan fingerprint density at radius 1 is 0.897 bits per heavy atom. The molecule has 5 nitrogen and oxygen atoms in total. The van der Waals surface area contributed by atoms with Crippen molar-refractivity contribution < 1.29 is 52.4 Å². The summed E-state index contributed by atoms with van der Waals surface area (Å²) in [4.78, 5) is -0.367. The Kier molecular flexibility index (Phi) is 11.9. The predicted molar refractivity (Wildman–Crippen MR) is 109 cm³/mol. The monoisotopic (exact) mass is 428 g/mol. The van der Waals surface area contributed by atoms with Crippen molar-refractivity contribution in [3.05, 3.63) is 48.0 Å². The van der Waals surface area contributed by atoms with Crippen molar-refractivity contribution >= 4 is 10.1 Å². The van der Waals surface area contributed by atoms with E-state index in [0.717, 1.165) is 31.0 Å². The molecule has 154 valence electrons. The fourth-order valence-electron chi connectivity index (χ4n) is 3.04. The quantitative estimate of drug-likeness (QED) is 0.319. The summed E-state index contributed by atoms with van der Waals surface area (Å²) in [6.45, 7) is 2.23. The number of hydrogen-bond donors (Lipinski definition) is 1. The largest absolute Gasteiger partial charge is 1.00 e. The number of rotatable bonds is 12. The van der Waals surface area contributed by atoms with Gasteiger partial charge in [0, 0.05) is 6.07 Å². The van der Waals surface area contributed by atoms with Crippen molar-refractivity contribution in [2.45, 2.75) is 69.6 Å². The standard InChI is InChI=1S/C22H30O5S.Na/c1-2-3-4-5-6-7-8-9-10-18-11-13-19(14-12-18)27-22-17-20(28(24,25)26)15-16-21(22)23;/h11-17,23H,2-10H2,1H3,(H,24,25,26);/q;+1/p-1. The van der Waals surface area contributed by atoms with Crippen molar-refractivity contribution in [2.75, 3.05) is 0 Å². The topological polar surface area (TPSA) is 86.7 Å².